The summed E-state index contributed by atoms with van der Waals surface area (Å²) in [6, 6.07) is 8.35. The number of fused-ring (bicyclic) bond motifs is 1. The summed E-state index contributed by atoms with van der Waals surface area (Å²) < 4.78 is 5.56. The minimum atomic E-state index is -0.549. The lowest BCUT2D eigenvalue weighted by atomic mass is 9.91. The average Bonchev–Trinajstić information content (AvgIpc) is 2.36. The molecule has 18 heavy (non-hydrogen) atoms. The fourth-order valence-electron chi connectivity index (χ4n) is 2.02. The van der Waals surface area contributed by atoms with Crippen LogP contribution in [-0.2, 0) is 16.1 Å². The van der Waals surface area contributed by atoms with Crippen molar-refractivity contribution in [2.75, 3.05) is 13.2 Å². The van der Waals surface area contributed by atoms with Gasteiger partial charge in [0.15, 0.2) is 0 Å². The van der Waals surface area contributed by atoms with Crippen LogP contribution in [0, 0.1) is 5.41 Å². The fraction of sp³-hybridized carbons (Fsp3) is 0.500. The lowest BCUT2D eigenvalue weighted by Gasteiger charge is -2.30. The summed E-state index contributed by atoms with van der Waals surface area (Å²) in [5.41, 5.74) is 7.28. The third kappa shape index (κ3) is 2.71. The van der Waals surface area contributed by atoms with Crippen LogP contribution >= 0.6 is 0 Å². The molecule has 1 amide bonds. The Labute approximate surface area is 108 Å². The Morgan fingerprint density at radius 1 is 1.50 bits per heavy atom. The van der Waals surface area contributed by atoms with Gasteiger partial charge in [-0.25, -0.2) is 0 Å². The minimum absolute atomic E-state index is 0.133. The first kappa shape index (κ1) is 13.1. The molecule has 0 aliphatic carbocycles. The van der Waals surface area contributed by atoms with E-state index in [2.05, 4.69) is 17.4 Å². The lowest BCUT2D eigenvalue weighted by molar-refractivity contribution is -0.125. The van der Waals surface area contributed by atoms with Crippen molar-refractivity contribution in [3.8, 4) is 0 Å². The van der Waals surface area contributed by atoms with Crippen molar-refractivity contribution in [2.24, 2.45) is 11.1 Å². The van der Waals surface area contributed by atoms with Crippen LogP contribution in [0.1, 0.15) is 31.0 Å². The van der Waals surface area contributed by atoms with Gasteiger partial charge in [0.05, 0.1) is 24.7 Å². The van der Waals surface area contributed by atoms with Gasteiger partial charge in [-0.1, -0.05) is 24.3 Å². The zero-order chi connectivity index (χ0) is 13.2. The maximum Gasteiger partial charge on any atom is 0.224 e. The zero-order valence-electron chi connectivity index (χ0n) is 10.9. The second kappa shape index (κ2) is 5.08. The van der Waals surface area contributed by atoms with Gasteiger partial charge < -0.3 is 15.8 Å². The Morgan fingerprint density at radius 2 is 2.22 bits per heavy atom. The van der Waals surface area contributed by atoms with Crippen molar-refractivity contribution >= 4 is 5.91 Å². The normalized spacial score (nSPS) is 19.3. The van der Waals surface area contributed by atoms with Crippen molar-refractivity contribution in [3.63, 3.8) is 0 Å². The SMILES string of the molecule is CC(C)(CNC1COCc2ccccc21)C(N)=O. The molecule has 0 aromatic heterocycles. The average molecular weight is 248 g/mol. The second-order valence-electron chi connectivity index (χ2n) is 5.40. The van der Waals surface area contributed by atoms with Crippen LogP contribution < -0.4 is 11.1 Å². The number of carbonyl (C=O) groups is 1. The third-order valence-corrected chi connectivity index (χ3v) is 3.43. The minimum Gasteiger partial charge on any atom is -0.375 e. The van der Waals surface area contributed by atoms with Crippen molar-refractivity contribution in [3.05, 3.63) is 35.4 Å². The molecular weight excluding hydrogens is 228 g/mol. The predicted octanol–water partition coefficient (Wildman–Crippen LogP) is 1.36. The summed E-state index contributed by atoms with van der Waals surface area (Å²) in [5, 5.41) is 3.37. The molecule has 0 fully saturated rings. The highest BCUT2D eigenvalue weighted by Gasteiger charge is 2.27. The summed E-state index contributed by atoms with van der Waals surface area (Å²) in [7, 11) is 0. The van der Waals surface area contributed by atoms with Crippen LogP contribution in [-0.4, -0.2) is 19.1 Å². The maximum absolute atomic E-state index is 11.3. The number of carbonyl (C=O) groups excluding carboxylic acids is 1. The van der Waals surface area contributed by atoms with Gasteiger partial charge in [0, 0.05) is 6.54 Å². The molecule has 98 valence electrons. The second-order valence-corrected chi connectivity index (χ2v) is 5.40. The highest BCUT2D eigenvalue weighted by molar-refractivity contribution is 5.80. The molecule has 0 saturated carbocycles. The Hall–Kier alpha value is -1.39. The van der Waals surface area contributed by atoms with Crippen LogP contribution in [0.2, 0.25) is 0 Å². The van der Waals surface area contributed by atoms with E-state index in [0.29, 0.717) is 19.8 Å². The molecule has 4 nitrogen and oxygen atoms in total. The van der Waals surface area contributed by atoms with E-state index in [-0.39, 0.29) is 11.9 Å². The first-order chi connectivity index (χ1) is 8.50. The Kier molecular flexibility index (Phi) is 3.68. The molecule has 3 N–H and O–H groups in total. The van der Waals surface area contributed by atoms with Crippen LogP contribution in [0.3, 0.4) is 0 Å². The molecule has 2 rings (SSSR count). The molecule has 1 heterocycles. The van der Waals surface area contributed by atoms with Gasteiger partial charge in [0.1, 0.15) is 0 Å². The topological polar surface area (TPSA) is 64.3 Å². The predicted molar refractivity (Wildman–Crippen MR) is 69.8 cm³/mol. The number of amides is 1. The van der Waals surface area contributed by atoms with Crippen molar-refractivity contribution in [1.82, 2.24) is 5.32 Å². The van der Waals surface area contributed by atoms with Gasteiger partial charge in [-0.15, -0.1) is 0 Å². The molecule has 1 aromatic carbocycles. The highest BCUT2D eigenvalue weighted by Crippen LogP contribution is 2.25. The van der Waals surface area contributed by atoms with E-state index in [1.807, 2.05) is 26.0 Å². The summed E-state index contributed by atoms with van der Waals surface area (Å²) >= 11 is 0. The smallest absolute Gasteiger partial charge is 0.224 e. The van der Waals surface area contributed by atoms with Crippen LogP contribution in [0.15, 0.2) is 24.3 Å². The Morgan fingerprint density at radius 3 is 2.94 bits per heavy atom. The molecule has 1 atom stereocenters. The lowest BCUT2D eigenvalue weighted by Crippen LogP contribution is -2.43. The number of nitrogens with two attached hydrogens (primary N) is 1. The molecule has 1 aliphatic heterocycles. The molecule has 1 aliphatic rings. The van der Waals surface area contributed by atoms with Gasteiger partial charge in [-0.05, 0) is 25.0 Å². The maximum atomic E-state index is 11.3. The Balaban J connectivity index is 2.06. The van der Waals surface area contributed by atoms with Crippen LogP contribution in [0.25, 0.3) is 0 Å². The quantitative estimate of drug-likeness (QED) is 0.845. The summed E-state index contributed by atoms with van der Waals surface area (Å²) in [6.45, 7) is 5.53. The molecule has 4 heteroatoms. The zero-order valence-corrected chi connectivity index (χ0v) is 10.9. The number of benzene rings is 1. The molecule has 0 radical (unpaired) electrons. The number of rotatable bonds is 4. The van der Waals surface area contributed by atoms with Gasteiger partial charge in [0.25, 0.3) is 0 Å². The summed E-state index contributed by atoms with van der Waals surface area (Å²) in [6.07, 6.45) is 0. The third-order valence-electron chi connectivity index (χ3n) is 3.43. The monoisotopic (exact) mass is 248 g/mol. The van der Waals surface area contributed by atoms with E-state index < -0.39 is 5.41 Å². The molecule has 0 saturated heterocycles. The number of hydrogen-bond acceptors (Lipinski definition) is 3. The number of primary amides is 1. The molecule has 1 aromatic rings. The van der Waals surface area contributed by atoms with Gasteiger partial charge >= 0.3 is 0 Å². The standard InChI is InChI=1S/C14H20N2O2/c1-14(2,13(15)17)9-16-12-8-18-7-10-5-3-4-6-11(10)12/h3-6,12,16H,7-9H2,1-2H3,(H2,15,17). The largest absolute Gasteiger partial charge is 0.375 e. The summed E-state index contributed by atoms with van der Waals surface area (Å²) in [5.74, 6) is -0.292. The first-order valence-corrected chi connectivity index (χ1v) is 6.19. The van der Waals surface area contributed by atoms with Crippen LogP contribution in [0.4, 0.5) is 0 Å². The van der Waals surface area contributed by atoms with Gasteiger partial charge in [-0.3, -0.25) is 4.79 Å². The van der Waals surface area contributed by atoms with Gasteiger partial charge in [0.2, 0.25) is 5.91 Å². The first-order valence-electron chi connectivity index (χ1n) is 6.19. The fourth-order valence-corrected chi connectivity index (χ4v) is 2.02. The van der Waals surface area contributed by atoms with Crippen molar-refractivity contribution < 1.29 is 9.53 Å². The molecule has 1 unspecified atom stereocenters. The summed E-state index contributed by atoms with van der Waals surface area (Å²) in [4.78, 5) is 11.3. The number of hydrogen-bond donors (Lipinski definition) is 2. The molecule has 0 bridgehead atoms. The van der Waals surface area contributed by atoms with Crippen LogP contribution in [0.5, 0.6) is 0 Å². The van der Waals surface area contributed by atoms with E-state index >= 15 is 0 Å². The van der Waals surface area contributed by atoms with E-state index in [4.69, 9.17) is 10.5 Å². The van der Waals surface area contributed by atoms with E-state index in [9.17, 15) is 4.79 Å². The number of ether oxygens (including phenoxy) is 1. The highest BCUT2D eigenvalue weighted by atomic mass is 16.5. The Bertz CT molecular complexity index is 443. The number of nitrogens with one attached hydrogen (secondary N) is 1. The van der Waals surface area contributed by atoms with Crippen molar-refractivity contribution in [1.29, 1.82) is 0 Å². The molecule has 0 spiro atoms. The molecular formula is C14H20N2O2. The van der Waals surface area contributed by atoms with Gasteiger partial charge in [-0.2, -0.15) is 0 Å². The van der Waals surface area contributed by atoms with E-state index in [0.717, 1.165) is 0 Å². The van der Waals surface area contributed by atoms with E-state index in [1.54, 1.807) is 0 Å². The van der Waals surface area contributed by atoms with E-state index in [1.165, 1.54) is 11.1 Å². The van der Waals surface area contributed by atoms with Crippen molar-refractivity contribution in [2.45, 2.75) is 26.5 Å².